The van der Waals surface area contributed by atoms with Crippen molar-refractivity contribution < 1.29 is 19.4 Å². The summed E-state index contributed by atoms with van der Waals surface area (Å²) in [5, 5.41) is 9.72. The third kappa shape index (κ3) is 4.67. The lowest BCUT2D eigenvalue weighted by Crippen LogP contribution is -2.40. The van der Waals surface area contributed by atoms with E-state index in [-0.39, 0.29) is 24.3 Å². The van der Waals surface area contributed by atoms with Crippen molar-refractivity contribution in [3.05, 3.63) is 65.4 Å². The number of ether oxygens (including phenoxy) is 1. The largest absolute Gasteiger partial charge is 0.493 e. The van der Waals surface area contributed by atoms with Gasteiger partial charge in [0.15, 0.2) is 0 Å². The quantitative estimate of drug-likeness (QED) is 0.648. The van der Waals surface area contributed by atoms with Gasteiger partial charge in [-0.15, -0.1) is 0 Å². The first-order chi connectivity index (χ1) is 15.9. The molecular formula is C27H32N2O4. The van der Waals surface area contributed by atoms with Crippen LogP contribution in [0.1, 0.15) is 37.8 Å². The molecule has 2 aliphatic heterocycles. The predicted molar refractivity (Wildman–Crippen MR) is 129 cm³/mol. The molecule has 2 aromatic rings. The van der Waals surface area contributed by atoms with E-state index in [1.807, 2.05) is 54.3 Å². The molecule has 4 rings (SSSR count). The fourth-order valence-corrected chi connectivity index (χ4v) is 4.50. The molecule has 1 unspecified atom stereocenters. The van der Waals surface area contributed by atoms with E-state index in [0.29, 0.717) is 48.1 Å². The standard InChI is InChI=1S/C27H32N2O4/c1-18(2)17-33-22-12-10-21(11-13-22)24-25(28-14-6-8-20(15-28)16-30)27(32)29(26(24)31)23-9-5-4-7-19(23)3/h4-5,7,9-13,18,20,30H,6,8,14-17H2,1-3H3. The molecule has 0 aromatic heterocycles. The number of rotatable bonds is 7. The van der Waals surface area contributed by atoms with E-state index in [4.69, 9.17) is 4.74 Å². The van der Waals surface area contributed by atoms with Gasteiger partial charge in [-0.2, -0.15) is 0 Å². The summed E-state index contributed by atoms with van der Waals surface area (Å²) in [6.07, 6.45) is 1.79. The molecule has 1 saturated heterocycles. The second kappa shape index (κ2) is 9.79. The summed E-state index contributed by atoms with van der Waals surface area (Å²) in [7, 11) is 0. The van der Waals surface area contributed by atoms with Crippen LogP contribution in [0.2, 0.25) is 0 Å². The first-order valence-corrected chi connectivity index (χ1v) is 11.7. The van der Waals surface area contributed by atoms with Gasteiger partial charge in [-0.05, 0) is 60.9 Å². The highest BCUT2D eigenvalue weighted by Crippen LogP contribution is 2.37. The number of nitrogens with zero attached hydrogens (tertiary/aromatic N) is 2. The topological polar surface area (TPSA) is 70.1 Å². The maximum atomic E-state index is 13.7. The lowest BCUT2D eigenvalue weighted by atomic mass is 9.97. The van der Waals surface area contributed by atoms with Crippen molar-refractivity contribution in [2.24, 2.45) is 11.8 Å². The maximum Gasteiger partial charge on any atom is 0.282 e. The Balaban J connectivity index is 1.75. The summed E-state index contributed by atoms with van der Waals surface area (Å²) in [5.74, 6) is 0.624. The molecule has 6 nitrogen and oxygen atoms in total. The van der Waals surface area contributed by atoms with Gasteiger partial charge in [0.25, 0.3) is 11.8 Å². The second-order valence-electron chi connectivity index (χ2n) is 9.32. The van der Waals surface area contributed by atoms with Crippen molar-refractivity contribution in [3.8, 4) is 5.75 Å². The molecule has 0 spiro atoms. The Labute approximate surface area is 195 Å². The first-order valence-electron chi connectivity index (χ1n) is 11.7. The minimum atomic E-state index is -0.314. The number of imide groups is 1. The van der Waals surface area contributed by atoms with Crippen LogP contribution in [0.3, 0.4) is 0 Å². The number of carbonyl (C=O) groups excluding carboxylic acids is 2. The average molecular weight is 449 g/mol. The van der Waals surface area contributed by atoms with E-state index in [9.17, 15) is 14.7 Å². The van der Waals surface area contributed by atoms with Crippen molar-refractivity contribution in [2.75, 3.05) is 31.2 Å². The number of hydrogen-bond donors (Lipinski definition) is 1. The summed E-state index contributed by atoms with van der Waals surface area (Å²) in [5.41, 5.74) is 3.01. The Morgan fingerprint density at radius 3 is 2.45 bits per heavy atom. The van der Waals surface area contributed by atoms with E-state index in [1.54, 1.807) is 6.07 Å². The molecule has 2 aromatic carbocycles. The van der Waals surface area contributed by atoms with E-state index < -0.39 is 0 Å². The number of para-hydroxylation sites is 1. The number of amides is 2. The Hall–Kier alpha value is -3.12. The van der Waals surface area contributed by atoms with Crippen LogP contribution >= 0.6 is 0 Å². The number of piperidine rings is 1. The zero-order valence-corrected chi connectivity index (χ0v) is 19.6. The summed E-state index contributed by atoms with van der Waals surface area (Å²) in [4.78, 5) is 30.7. The van der Waals surface area contributed by atoms with Crippen LogP contribution in [0.15, 0.2) is 54.2 Å². The number of anilines is 1. The van der Waals surface area contributed by atoms with Crippen LogP contribution in [-0.4, -0.2) is 48.1 Å². The highest BCUT2D eigenvalue weighted by molar-refractivity contribution is 6.45. The van der Waals surface area contributed by atoms with Gasteiger partial charge < -0.3 is 14.7 Å². The van der Waals surface area contributed by atoms with E-state index in [0.717, 1.165) is 24.2 Å². The molecule has 174 valence electrons. The van der Waals surface area contributed by atoms with E-state index in [1.165, 1.54) is 4.90 Å². The lowest BCUT2D eigenvalue weighted by molar-refractivity contribution is -0.120. The zero-order valence-electron chi connectivity index (χ0n) is 19.6. The van der Waals surface area contributed by atoms with E-state index in [2.05, 4.69) is 13.8 Å². The van der Waals surface area contributed by atoms with Crippen LogP contribution in [0.5, 0.6) is 5.75 Å². The molecule has 1 fully saturated rings. The molecule has 2 amide bonds. The summed E-state index contributed by atoms with van der Waals surface area (Å²) < 4.78 is 5.79. The van der Waals surface area contributed by atoms with Crippen molar-refractivity contribution in [2.45, 2.75) is 33.6 Å². The minimum Gasteiger partial charge on any atom is -0.493 e. The zero-order chi connectivity index (χ0) is 23.5. The third-order valence-corrected chi connectivity index (χ3v) is 6.24. The summed E-state index contributed by atoms with van der Waals surface area (Å²) in [6.45, 7) is 8.01. The highest BCUT2D eigenvalue weighted by atomic mass is 16.5. The number of aliphatic hydroxyl groups excluding tert-OH is 1. The molecule has 6 heteroatoms. The van der Waals surface area contributed by atoms with Gasteiger partial charge in [-0.25, -0.2) is 4.90 Å². The van der Waals surface area contributed by atoms with Crippen molar-refractivity contribution in [3.63, 3.8) is 0 Å². The highest BCUT2D eigenvalue weighted by Gasteiger charge is 2.43. The number of carbonyl (C=O) groups is 2. The number of likely N-dealkylation sites (tertiary alicyclic amines) is 1. The number of benzene rings is 2. The monoisotopic (exact) mass is 448 g/mol. The molecule has 0 radical (unpaired) electrons. The van der Waals surface area contributed by atoms with Crippen LogP contribution in [0.25, 0.3) is 5.57 Å². The third-order valence-electron chi connectivity index (χ3n) is 6.24. The van der Waals surface area contributed by atoms with Gasteiger partial charge in [0, 0.05) is 19.7 Å². The van der Waals surface area contributed by atoms with Crippen molar-refractivity contribution >= 4 is 23.1 Å². The smallest absolute Gasteiger partial charge is 0.282 e. The fraction of sp³-hybridized carbons (Fsp3) is 0.407. The van der Waals surface area contributed by atoms with Crippen LogP contribution in [-0.2, 0) is 9.59 Å². The lowest BCUT2D eigenvalue weighted by Gasteiger charge is -2.34. The summed E-state index contributed by atoms with van der Waals surface area (Å²) in [6, 6.07) is 14.8. The number of hydrogen-bond acceptors (Lipinski definition) is 5. The van der Waals surface area contributed by atoms with Crippen molar-refractivity contribution in [1.29, 1.82) is 0 Å². The Morgan fingerprint density at radius 2 is 1.79 bits per heavy atom. The second-order valence-corrected chi connectivity index (χ2v) is 9.32. The average Bonchev–Trinajstić information content (AvgIpc) is 3.08. The SMILES string of the molecule is Cc1ccccc1N1C(=O)C(c2ccc(OCC(C)C)cc2)=C(N2CCCC(CO)C2)C1=O. The Kier molecular flexibility index (Phi) is 6.84. The number of aryl methyl sites for hydroxylation is 1. The fourth-order valence-electron chi connectivity index (χ4n) is 4.50. The first kappa shape index (κ1) is 23.1. The Bertz CT molecular complexity index is 1060. The normalized spacial score (nSPS) is 19.1. The van der Waals surface area contributed by atoms with Gasteiger partial charge in [0.05, 0.1) is 17.9 Å². The molecule has 2 aliphatic rings. The Morgan fingerprint density at radius 1 is 1.06 bits per heavy atom. The maximum absolute atomic E-state index is 13.7. The van der Waals surface area contributed by atoms with Crippen molar-refractivity contribution in [1.82, 2.24) is 4.90 Å². The van der Waals surface area contributed by atoms with Crippen LogP contribution in [0.4, 0.5) is 5.69 Å². The molecular weight excluding hydrogens is 416 g/mol. The van der Waals surface area contributed by atoms with Gasteiger partial charge in [-0.1, -0.05) is 44.2 Å². The molecule has 0 bridgehead atoms. The molecule has 1 atom stereocenters. The van der Waals surface area contributed by atoms with Gasteiger partial charge in [0.2, 0.25) is 0 Å². The van der Waals surface area contributed by atoms with E-state index >= 15 is 0 Å². The molecule has 2 heterocycles. The van der Waals surface area contributed by atoms with Gasteiger partial charge >= 0.3 is 0 Å². The molecule has 0 aliphatic carbocycles. The summed E-state index contributed by atoms with van der Waals surface area (Å²) >= 11 is 0. The van der Waals surface area contributed by atoms with Gasteiger partial charge in [-0.3, -0.25) is 9.59 Å². The molecule has 0 saturated carbocycles. The predicted octanol–water partition coefficient (Wildman–Crippen LogP) is 4.02. The van der Waals surface area contributed by atoms with Crippen LogP contribution < -0.4 is 9.64 Å². The molecule has 33 heavy (non-hydrogen) atoms. The number of aliphatic hydroxyl groups is 1. The van der Waals surface area contributed by atoms with Crippen LogP contribution in [0, 0.1) is 18.8 Å². The molecule has 1 N–H and O–H groups in total. The van der Waals surface area contributed by atoms with Gasteiger partial charge in [0.1, 0.15) is 11.4 Å². The minimum absolute atomic E-state index is 0.0741.